The van der Waals surface area contributed by atoms with Crippen LogP contribution in [0.15, 0.2) is 29.2 Å². The van der Waals surface area contributed by atoms with E-state index in [2.05, 4.69) is 5.32 Å². The zero-order valence-corrected chi connectivity index (χ0v) is 16.0. The van der Waals surface area contributed by atoms with Crippen molar-refractivity contribution in [1.29, 1.82) is 0 Å². The van der Waals surface area contributed by atoms with E-state index in [1.807, 2.05) is 13.8 Å². The van der Waals surface area contributed by atoms with Gasteiger partial charge in [-0.05, 0) is 38.5 Å². The van der Waals surface area contributed by atoms with Crippen LogP contribution in [0.25, 0.3) is 0 Å². The Morgan fingerprint density at radius 1 is 1.35 bits per heavy atom. The topological polar surface area (TPSA) is 84.9 Å². The van der Waals surface area contributed by atoms with Crippen LogP contribution >= 0.6 is 0 Å². The lowest BCUT2D eigenvalue weighted by Crippen LogP contribution is -2.50. The Morgan fingerprint density at radius 3 is 2.85 bits per heavy atom. The van der Waals surface area contributed by atoms with Gasteiger partial charge in [0.1, 0.15) is 0 Å². The molecule has 0 unspecified atom stereocenters. The van der Waals surface area contributed by atoms with Gasteiger partial charge in [0.25, 0.3) is 5.91 Å². The van der Waals surface area contributed by atoms with E-state index < -0.39 is 15.6 Å². The molecule has 8 heteroatoms. The number of nitrogens with one attached hydrogen (secondary N) is 1. The summed E-state index contributed by atoms with van der Waals surface area (Å²) in [4.78, 5) is 12.5. The van der Waals surface area contributed by atoms with Crippen molar-refractivity contribution < 1.29 is 22.7 Å². The predicted octanol–water partition coefficient (Wildman–Crippen LogP) is 1.25. The van der Waals surface area contributed by atoms with Gasteiger partial charge >= 0.3 is 0 Å². The van der Waals surface area contributed by atoms with E-state index in [4.69, 9.17) is 9.47 Å². The zero-order valence-electron chi connectivity index (χ0n) is 15.2. The van der Waals surface area contributed by atoms with Crippen LogP contribution in [-0.4, -0.2) is 63.7 Å². The largest absolute Gasteiger partial charge is 0.381 e. The van der Waals surface area contributed by atoms with Gasteiger partial charge in [-0.3, -0.25) is 4.79 Å². The molecule has 1 aromatic carbocycles. The van der Waals surface area contributed by atoms with Crippen molar-refractivity contribution in [3.8, 4) is 0 Å². The van der Waals surface area contributed by atoms with Crippen LogP contribution in [0.5, 0.6) is 0 Å². The Labute approximate surface area is 154 Å². The Bertz CT molecular complexity index is 757. The minimum absolute atomic E-state index is 0.132. The number of morpholine rings is 1. The number of carbonyl (C=O) groups excluding carboxylic acids is 1. The molecule has 0 spiro atoms. The van der Waals surface area contributed by atoms with Crippen LogP contribution in [0.4, 0.5) is 0 Å². The van der Waals surface area contributed by atoms with E-state index in [0.29, 0.717) is 37.8 Å². The number of ether oxygens (including phenoxy) is 2. The quantitative estimate of drug-likeness (QED) is 0.829. The molecule has 1 atom stereocenters. The molecule has 0 radical (unpaired) electrons. The van der Waals surface area contributed by atoms with Crippen molar-refractivity contribution in [2.24, 2.45) is 5.92 Å². The lowest BCUT2D eigenvalue weighted by atomic mass is 10.1. The Hall–Kier alpha value is -1.48. The smallest absolute Gasteiger partial charge is 0.251 e. The third-order valence-electron chi connectivity index (χ3n) is 4.70. The molecule has 1 aromatic rings. The van der Waals surface area contributed by atoms with Crippen molar-refractivity contribution in [1.82, 2.24) is 9.62 Å². The lowest BCUT2D eigenvalue weighted by molar-refractivity contribution is -0.0640. The summed E-state index contributed by atoms with van der Waals surface area (Å²) in [5, 5.41) is 2.86. The molecule has 2 saturated heterocycles. The maximum absolute atomic E-state index is 12.9. The summed E-state index contributed by atoms with van der Waals surface area (Å²) in [5.41, 5.74) is -0.179. The highest BCUT2D eigenvalue weighted by atomic mass is 32.2. The average Bonchev–Trinajstić information content (AvgIpc) is 3.12. The van der Waals surface area contributed by atoms with Gasteiger partial charge in [-0.15, -0.1) is 0 Å². The number of sulfonamides is 1. The van der Waals surface area contributed by atoms with E-state index in [1.165, 1.54) is 16.4 Å². The first-order valence-corrected chi connectivity index (χ1v) is 10.3. The number of rotatable bonds is 5. The van der Waals surface area contributed by atoms with Crippen LogP contribution in [0.1, 0.15) is 30.6 Å². The SMILES string of the molecule is CC1(C)CN(S(=O)(=O)c2cccc(C(=O)NC[C@@H]3CCOC3)c2)CCO1. The summed E-state index contributed by atoms with van der Waals surface area (Å²) in [7, 11) is -3.67. The predicted molar refractivity (Wildman–Crippen MR) is 96.5 cm³/mol. The molecule has 144 valence electrons. The molecular formula is C18H26N2O5S. The molecule has 0 aromatic heterocycles. The Balaban J connectivity index is 1.72. The summed E-state index contributed by atoms with van der Waals surface area (Å²) in [6.45, 7) is 6.60. The molecule has 0 saturated carbocycles. The number of amides is 1. The monoisotopic (exact) mass is 382 g/mol. The number of nitrogens with zero attached hydrogens (tertiary/aromatic N) is 1. The van der Waals surface area contributed by atoms with Gasteiger partial charge in [-0.25, -0.2) is 8.42 Å². The van der Waals surface area contributed by atoms with Crippen molar-refractivity contribution in [2.75, 3.05) is 39.5 Å². The van der Waals surface area contributed by atoms with Gasteiger partial charge in [-0.1, -0.05) is 6.07 Å². The van der Waals surface area contributed by atoms with Crippen molar-refractivity contribution in [3.63, 3.8) is 0 Å². The Morgan fingerprint density at radius 2 is 2.15 bits per heavy atom. The average molecular weight is 382 g/mol. The second kappa shape index (κ2) is 7.64. The van der Waals surface area contributed by atoms with Crippen LogP contribution in [-0.2, 0) is 19.5 Å². The van der Waals surface area contributed by atoms with Crippen molar-refractivity contribution in [3.05, 3.63) is 29.8 Å². The normalized spacial score (nSPS) is 23.7. The molecule has 26 heavy (non-hydrogen) atoms. The molecule has 2 aliphatic rings. The highest BCUT2D eigenvalue weighted by molar-refractivity contribution is 7.89. The van der Waals surface area contributed by atoms with Gasteiger partial charge < -0.3 is 14.8 Å². The van der Waals surface area contributed by atoms with Crippen LogP contribution in [0.2, 0.25) is 0 Å². The van der Waals surface area contributed by atoms with Gasteiger partial charge in [0.2, 0.25) is 10.0 Å². The van der Waals surface area contributed by atoms with Crippen LogP contribution in [0.3, 0.4) is 0 Å². The molecule has 0 aliphatic carbocycles. The van der Waals surface area contributed by atoms with E-state index in [9.17, 15) is 13.2 Å². The lowest BCUT2D eigenvalue weighted by Gasteiger charge is -2.37. The molecule has 1 amide bonds. The van der Waals surface area contributed by atoms with Crippen molar-refractivity contribution in [2.45, 2.75) is 30.8 Å². The van der Waals surface area contributed by atoms with Crippen LogP contribution < -0.4 is 5.32 Å². The second-order valence-corrected chi connectivity index (χ2v) is 9.35. The molecule has 1 N–H and O–H groups in total. The summed E-state index contributed by atoms with van der Waals surface area (Å²) >= 11 is 0. The summed E-state index contributed by atoms with van der Waals surface area (Å²) in [6, 6.07) is 6.20. The highest BCUT2D eigenvalue weighted by Gasteiger charge is 2.35. The van der Waals surface area contributed by atoms with E-state index >= 15 is 0 Å². The third-order valence-corrected chi connectivity index (χ3v) is 6.54. The maximum Gasteiger partial charge on any atom is 0.251 e. The molecule has 2 aliphatic heterocycles. The minimum atomic E-state index is -3.67. The molecule has 2 fully saturated rings. The number of carbonyl (C=O) groups is 1. The van der Waals surface area contributed by atoms with Gasteiger partial charge in [0.05, 0.1) is 23.7 Å². The second-order valence-electron chi connectivity index (χ2n) is 7.41. The molecule has 3 rings (SSSR count). The summed E-state index contributed by atoms with van der Waals surface area (Å²) in [6.07, 6.45) is 0.932. The fourth-order valence-corrected chi connectivity index (χ4v) is 4.83. The molecule has 7 nitrogen and oxygen atoms in total. The first-order chi connectivity index (χ1) is 12.3. The Kier molecular flexibility index (Phi) is 5.67. The van der Waals surface area contributed by atoms with E-state index in [0.717, 1.165) is 13.0 Å². The molecular weight excluding hydrogens is 356 g/mol. The highest BCUT2D eigenvalue weighted by Crippen LogP contribution is 2.24. The number of benzene rings is 1. The maximum atomic E-state index is 12.9. The number of hydrogen-bond donors (Lipinski definition) is 1. The fraction of sp³-hybridized carbons (Fsp3) is 0.611. The third kappa shape index (κ3) is 4.43. The minimum Gasteiger partial charge on any atom is -0.381 e. The fourth-order valence-electron chi connectivity index (χ4n) is 3.21. The van der Waals surface area contributed by atoms with Crippen LogP contribution in [0, 0.1) is 5.92 Å². The first-order valence-electron chi connectivity index (χ1n) is 8.88. The van der Waals surface area contributed by atoms with Gasteiger partial charge in [0.15, 0.2) is 0 Å². The van der Waals surface area contributed by atoms with Gasteiger partial charge in [-0.2, -0.15) is 4.31 Å². The standard InChI is InChI=1S/C18H26N2O5S/c1-18(2)13-20(7-9-25-18)26(22,23)16-5-3-4-15(10-16)17(21)19-11-14-6-8-24-12-14/h3-5,10,14H,6-9,11-13H2,1-2H3,(H,19,21)/t14-/m0/s1. The van der Waals surface area contributed by atoms with Gasteiger partial charge in [0, 0.05) is 37.7 Å². The molecule has 2 heterocycles. The van der Waals surface area contributed by atoms with E-state index in [1.54, 1.807) is 12.1 Å². The molecule has 0 bridgehead atoms. The summed E-state index contributed by atoms with van der Waals surface area (Å²) in [5.74, 6) is 0.0534. The number of hydrogen-bond acceptors (Lipinski definition) is 5. The van der Waals surface area contributed by atoms with E-state index in [-0.39, 0.29) is 17.3 Å². The summed E-state index contributed by atoms with van der Waals surface area (Å²) < 4.78 is 38.2. The zero-order chi connectivity index (χ0) is 18.8. The first kappa shape index (κ1) is 19.3. The van der Waals surface area contributed by atoms with Crippen molar-refractivity contribution >= 4 is 15.9 Å².